The highest BCUT2D eigenvalue weighted by Crippen LogP contribution is 2.12. The molecule has 0 fully saturated rings. The third kappa shape index (κ3) is 4.23. The van der Waals surface area contributed by atoms with E-state index < -0.39 is 0 Å². The summed E-state index contributed by atoms with van der Waals surface area (Å²) in [7, 11) is 1.53. The highest BCUT2D eigenvalue weighted by Gasteiger charge is 2.16. The lowest BCUT2D eigenvalue weighted by Crippen LogP contribution is -2.37. The molecule has 1 heterocycles. The number of aromatic nitrogens is 2. The van der Waals surface area contributed by atoms with E-state index in [9.17, 15) is 14.4 Å². The van der Waals surface area contributed by atoms with E-state index >= 15 is 0 Å². The predicted octanol–water partition coefficient (Wildman–Crippen LogP) is 1.31. The van der Waals surface area contributed by atoms with Gasteiger partial charge in [-0.3, -0.25) is 14.4 Å². The molecule has 7 heteroatoms. The molecular weight excluding hydrogens is 320 g/mol. The van der Waals surface area contributed by atoms with Crippen LogP contribution >= 0.6 is 0 Å². The number of rotatable bonds is 6. The molecule has 0 saturated carbocycles. The Morgan fingerprint density at radius 3 is 2.48 bits per heavy atom. The molecule has 0 aliphatic heterocycles. The van der Waals surface area contributed by atoms with Gasteiger partial charge in [-0.05, 0) is 26.3 Å². The Balaban J connectivity index is 2.07. The van der Waals surface area contributed by atoms with E-state index in [2.05, 4.69) is 10.4 Å². The Morgan fingerprint density at radius 1 is 1.24 bits per heavy atom. The first-order chi connectivity index (χ1) is 11.8. The largest absolute Gasteiger partial charge is 0.351 e. The summed E-state index contributed by atoms with van der Waals surface area (Å²) in [5.74, 6) is -0.308. The molecule has 1 aromatic heterocycles. The minimum atomic E-state index is -0.328. The monoisotopic (exact) mass is 344 g/mol. The number of carbonyl (C=O) groups excluding carboxylic acids is 2. The number of aryl methyl sites for hydroxylation is 1. The van der Waals surface area contributed by atoms with Crippen molar-refractivity contribution >= 4 is 22.6 Å². The topological polar surface area (TPSA) is 84.3 Å². The summed E-state index contributed by atoms with van der Waals surface area (Å²) >= 11 is 0. The molecule has 0 aliphatic rings. The quantitative estimate of drug-likeness (QED) is 0.801. The number of nitrogens with zero attached hydrogens (tertiary/aromatic N) is 3. The first-order valence-corrected chi connectivity index (χ1v) is 8.34. The molecule has 2 aromatic rings. The molecule has 1 N–H and O–H groups in total. The minimum Gasteiger partial charge on any atom is -0.351 e. The van der Waals surface area contributed by atoms with Crippen molar-refractivity contribution in [1.29, 1.82) is 0 Å². The number of benzene rings is 1. The van der Waals surface area contributed by atoms with Crippen LogP contribution in [0.5, 0.6) is 0 Å². The zero-order valence-corrected chi connectivity index (χ0v) is 15.1. The molecule has 0 saturated heterocycles. The Hall–Kier alpha value is -2.70. The van der Waals surface area contributed by atoms with Crippen LogP contribution in [0.2, 0.25) is 0 Å². The SMILES string of the molecule is CC(=O)N(CCCNC(=O)c1nn(C)c(=O)c2ccccc12)C(C)C. The van der Waals surface area contributed by atoms with Gasteiger partial charge in [0.25, 0.3) is 11.5 Å². The van der Waals surface area contributed by atoms with Gasteiger partial charge in [0.1, 0.15) is 0 Å². The highest BCUT2D eigenvalue weighted by molar-refractivity contribution is 6.04. The minimum absolute atomic E-state index is 0.0204. The van der Waals surface area contributed by atoms with Crippen molar-refractivity contribution < 1.29 is 9.59 Å². The third-order valence-corrected chi connectivity index (χ3v) is 4.06. The van der Waals surface area contributed by atoms with Crippen LogP contribution in [0, 0.1) is 0 Å². The summed E-state index contributed by atoms with van der Waals surface area (Å²) in [6.07, 6.45) is 0.646. The molecule has 134 valence electrons. The number of hydrogen-bond donors (Lipinski definition) is 1. The smallest absolute Gasteiger partial charge is 0.274 e. The molecule has 0 radical (unpaired) electrons. The lowest BCUT2D eigenvalue weighted by atomic mass is 10.1. The van der Waals surface area contributed by atoms with Crippen LogP contribution in [0.25, 0.3) is 10.8 Å². The number of nitrogens with one attached hydrogen (secondary N) is 1. The van der Waals surface area contributed by atoms with Crippen LogP contribution in [0.1, 0.15) is 37.7 Å². The average Bonchev–Trinajstić information content (AvgIpc) is 2.57. The predicted molar refractivity (Wildman–Crippen MR) is 96.5 cm³/mol. The summed E-state index contributed by atoms with van der Waals surface area (Å²) in [5, 5.41) is 7.92. The Morgan fingerprint density at radius 2 is 1.88 bits per heavy atom. The van der Waals surface area contributed by atoms with Gasteiger partial charge in [0.2, 0.25) is 5.91 Å². The summed E-state index contributed by atoms with van der Waals surface area (Å²) in [5.41, 5.74) is -0.00818. The van der Waals surface area contributed by atoms with Crippen LogP contribution < -0.4 is 10.9 Å². The van der Waals surface area contributed by atoms with Gasteiger partial charge in [0.05, 0.1) is 5.39 Å². The molecule has 25 heavy (non-hydrogen) atoms. The van der Waals surface area contributed by atoms with E-state index in [0.29, 0.717) is 30.3 Å². The number of fused-ring (bicyclic) bond motifs is 1. The first kappa shape index (κ1) is 18.6. The third-order valence-electron chi connectivity index (χ3n) is 4.06. The van der Waals surface area contributed by atoms with Gasteiger partial charge in [-0.25, -0.2) is 4.68 Å². The van der Waals surface area contributed by atoms with Gasteiger partial charge in [0, 0.05) is 38.5 Å². The van der Waals surface area contributed by atoms with Crippen LogP contribution in [0.15, 0.2) is 29.1 Å². The molecule has 0 spiro atoms. The van der Waals surface area contributed by atoms with E-state index in [4.69, 9.17) is 0 Å². The van der Waals surface area contributed by atoms with Crippen molar-refractivity contribution in [2.45, 2.75) is 33.2 Å². The zero-order valence-electron chi connectivity index (χ0n) is 15.1. The Labute approximate surface area is 146 Å². The molecule has 7 nitrogen and oxygen atoms in total. The lowest BCUT2D eigenvalue weighted by molar-refractivity contribution is -0.130. The zero-order chi connectivity index (χ0) is 18.6. The van der Waals surface area contributed by atoms with E-state index in [1.54, 1.807) is 36.1 Å². The van der Waals surface area contributed by atoms with Gasteiger partial charge >= 0.3 is 0 Å². The van der Waals surface area contributed by atoms with Crippen molar-refractivity contribution in [2.75, 3.05) is 13.1 Å². The van der Waals surface area contributed by atoms with Gasteiger partial charge in [-0.2, -0.15) is 5.10 Å². The van der Waals surface area contributed by atoms with E-state index in [1.165, 1.54) is 11.7 Å². The number of amides is 2. The van der Waals surface area contributed by atoms with Crippen molar-refractivity contribution in [3.63, 3.8) is 0 Å². The van der Waals surface area contributed by atoms with Crippen molar-refractivity contribution in [3.8, 4) is 0 Å². The second-order valence-corrected chi connectivity index (χ2v) is 6.24. The highest BCUT2D eigenvalue weighted by atomic mass is 16.2. The summed E-state index contributed by atoms with van der Waals surface area (Å²) < 4.78 is 1.17. The van der Waals surface area contributed by atoms with E-state index in [-0.39, 0.29) is 29.1 Å². The van der Waals surface area contributed by atoms with Crippen molar-refractivity contribution in [1.82, 2.24) is 20.0 Å². The maximum Gasteiger partial charge on any atom is 0.274 e. The summed E-state index contributed by atoms with van der Waals surface area (Å²) in [6.45, 7) is 6.46. The number of carbonyl (C=O) groups is 2. The summed E-state index contributed by atoms with van der Waals surface area (Å²) in [6, 6.07) is 7.06. The van der Waals surface area contributed by atoms with E-state index in [1.807, 2.05) is 13.8 Å². The van der Waals surface area contributed by atoms with Crippen molar-refractivity contribution in [2.24, 2.45) is 7.05 Å². The normalized spacial score (nSPS) is 10.9. The van der Waals surface area contributed by atoms with Crippen LogP contribution in [-0.4, -0.2) is 45.6 Å². The lowest BCUT2D eigenvalue weighted by Gasteiger charge is -2.25. The van der Waals surface area contributed by atoms with Crippen LogP contribution in [0.3, 0.4) is 0 Å². The van der Waals surface area contributed by atoms with Gasteiger partial charge < -0.3 is 10.2 Å². The van der Waals surface area contributed by atoms with Crippen LogP contribution in [-0.2, 0) is 11.8 Å². The van der Waals surface area contributed by atoms with E-state index in [0.717, 1.165) is 0 Å². The van der Waals surface area contributed by atoms with Crippen molar-refractivity contribution in [3.05, 3.63) is 40.3 Å². The molecule has 2 amide bonds. The fraction of sp³-hybridized carbons (Fsp3) is 0.444. The average molecular weight is 344 g/mol. The Bertz CT molecular complexity index is 842. The molecule has 0 bridgehead atoms. The van der Waals surface area contributed by atoms with Gasteiger partial charge in [-0.1, -0.05) is 18.2 Å². The maximum atomic E-state index is 12.5. The fourth-order valence-electron chi connectivity index (χ4n) is 2.78. The molecular formula is C18H24N4O3. The fourth-order valence-corrected chi connectivity index (χ4v) is 2.78. The molecule has 0 atom stereocenters. The first-order valence-electron chi connectivity index (χ1n) is 8.34. The Kier molecular flexibility index (Phi) is 5.90. The summed E-state index contributed by atoms with van der Waals surface area (Å²) in [4.78, 5) is 37.9. The second-order valence-electron chi connectivity index (χ2n) is 6.24. The molecule has 0 unspecified atom stereocenters. The molecule has 1 aromatic carbocycles. The molecule has 2 rings (SSSR count). The standard InChI is InChI=1S/C18H24N4O3/c1-12(2)22(13(3)23)11-7-10-19-17(24)16-14-8-5-6-9-15(14)18(25)21(4)20-16/h5-6,8-9,12H,7,10-11H2,1-4H3,(H,19,24). The molecule has 0 aliphatic carbocycles. The van der Waals surface area contributed by atoms with Gasteiger partial charge in [0.15, 0.2) is 5.69 Å². The second kappa shape index (κ2) is 7.92. The van der Waals surface area contributed by atoms with Crippen LogP contribution in [0.4, 0.5) is 0 Å². The number of hydrogen-bond acceptors (Lipinski definition) is 4. The van der Waals surface area contributed by atoms with Gasteiger partial charge in [-0.15, -0.1) is 0 Å². The maximum absolute atomic E-state index is 12.5.